The molecule has 0 spiro atoms. The van der Waals surface area contributed by atoms with E-state index in [1.54, 1.807) is 7.05 Å². The first-order valence-corrected chi connectivity index (χ1v) is 6.19. The molecule has 3 nitrogen and oxygen atoms in total. The number of nitrogens with zero attached hydrogens (tertiary/aromatic N) is 1. The number of hydrogen-bond donors (Lipinski definition) is 1. The predicted octanol–water partition coefficient (Wildman–Crippen LogP) is 1.78. The Morgan fingerprint density at radius 3 is 2.00 bits per heavy atom. The minimum atomic E-state index is 0.164. The number of amides is 1. The van der Waals surface area contributed by atoms with Crippen molar-refractivity contribution in [2.24, 2.45) is 0 Å². The molecule has 0 radical (unpaired) electrons. The lowest BCUT2D eigenvalue weighted by Gasteiger charge is -2.35. The monoisotopic (exact) mass is 215 g/mol. The third kappa shape index (κ3) is 5.17. The van der Waals surface area contributed by atoms with Crippen LogP contribution in [-0.2, 0) is 4.79 Å². The number of carbonyl (C=O) groups excluding carboxylic acids is 1. The Bertz CT molecular complexity index is 168. The van der Waals surface area contributed by atoms with Crippen molar-refractivity contribution in [3.05, 3.63) is 0 Å². The van der Waals surface area contributed by atoms with Gasteiger partial charge in [-0.1, -0.05) is 0 Å². The zero-order valence-electron chi connectivity index (χ0n) is 10.8. The summed E-state index contributed by atoms with van der Waals surface area (Å²) >= 11 is 0. The van der Waals surface area contributed by atoms with Gasteiger partial charge < -0.3 is 9.80 Å². The Balaban J connectivity index is 3.76. The normalized spacial score (nSPS) is 11.5. The molecule has 0 aromatic carbocycles. The van der Waals surface area contributed by atoms with E-state index < -0.39 is 0 Å². The van der Waals surface area contributed by atoms with E-state index in [0.717, 1.165) is 12.8 Å². The molecule has 0 aliphatic heterocycles. The molecule has 1 amide bonds. The summed E-state index contributed by atoms with van der Waals surface area (Å²) in [4.78, 5) is 11.0. The molecule has 0 heterocycles. The third-order valence-electron chi connectivity index (χ3n) is 3.58. The van der Waals surface area contributed by atoms with Crippen LogP contribution >= 0.6 is 0 Å². The van der Waals surface area contributed by atoms with Gasteiger partial charge in [-0.05, 0) is 33.6 Å². The summed E-state index contributed by atoms with van der Waals surface area (Å²) in [6.45, 7) is 11.6. The summed E-state index contributed by atoms with van der Waals surface area (Å²) in [5.74, 6) is 0.164. The molecule has 0 aromatic rings. The van der Waals surface area contributed by atoms with Gasteiger partial charge in [-0.3, -0.25) is 4.79 Å². The van der Waals surface area contributed by atoms with Crippen LogP contribution in [0.4, 0.5) is 0 Å². The highest BCUT2D eigenvalue weighted by Gasteiger charge is 2.19. The maximum Gasteiger partial charge on any atom is 0.219 e. The molecule has 0 aliphatic rings. The van der Waals surface area contributed by atoms with Crippen LogP contribution in [0, 0.1) is 0 Å². The average molecular weight is 215 g/mol. The van der Waals surface area contributed by atoms with Crippen LogP contribution in [0.2, 0.25) is 0 Å². The van der Waals surface area contributed by atoms with Crippen LogP contribution in [0.25, 0.3) is 0 Å². The molecule has 90 valence electrons. The minimum absolute atomic E-state index is 0.164. The molecule has 0 unspecified atom stereocenters. The smallest absolute Gasteiger partial charge is 0.219 e. The summed E-state index contributed by atoms with van der Waals surface area (Å²) in [5.41, 5.74) is 0. The summed E-state index contributed by atoms with van der Waals surface area (Å²) in [6, 6.07) is 0. The Hall–Kier alpha value is -0.570. The van der Waals surface area contributed by atoms with E-state index in [0.29, 0.717) is 6.42 Å². The van der Waals surface area contributed by atoms with E-state index in [1.165, 1.54) is 30.7 Å². The van der Waals surface area contributed by atoms with Crippen LogP contribution < -0.4 is 5.32 Å². The Morgan fingerprint density at radius 1 is 1.07 bits per heavy atom. The van der Waals surface area contributed by atoms with Gasteiger partial charge in [0.15, 0.2) is 0 Å². The number of unbranched alkanes of at least 4 members (excludes halogenated alkanes) is 1. The molecule has 1 N–H and O–H groups in total. The lowest BCUT2D eigenvalue weighted by molar-refractivity contribution is -0.923. The Morgan fingerprint density at radius 2 is 1.60 bits per heavy atom. The summed E-state index contributed by atoms with van der Waals surface area (Å²) < 4.78 is 1.19. The molecule has 15 heavy (non-hydrogen) atoms. The number of nitrogens with one attached hydrogen (secondary N) is 1. The Labute approximate surface area is 94.4 Å². The molecule has 3 heteroatoms. The fraction of sp³-hybridized carbons (Fsp3) is 0.917. The highest BCUT2D eigenvalue weighted by Crippen LogP contribution is 2.09. The van der Waals surface area contributed by atoms with Gasteiger partial charge in [0.25, 0.3) is 0 Å². The van der Waals surface area contributed by atoms with Crippen LogP contribution in [-0.4, -0.2) is 43.6 Å². The lowest BCUT2D eigenvalue weighted by atomic mass is 10.2. The zero-order chi connectivity index (χ0) is 11.7. The third-order valence-corrected chi connectivity index (χ3v) is 3.58. The quantitative estimate of drug-likeness (QED) is 0.485. The number of hydrogen-bond acceptors (Lipinski definition) is 1. The highest BCUT2D eigenvalue weighted by molar-refractivity contribution is 5.75. The standard InChI is InChI=1S/C12H26N2O/c1-5-14(6-2,7-3)11-9-8-10-12(15)13-4/h5-11H2,1-4H3/p+1. The van der Waals surface area contributed by atoms with Crippen LogP contribution in [0.3, 0.4) is 0 Å². The first-order valence-electron chi connectivity index (χ1n) is 6.19. The van der Waals surface area contributed by atoms with Gasteiger partial charge in [0.1, 0.15) is 0 Å². The van der Waals surface area contributed by atoms with E-state index in [9.17, 15) is 4.79 Å². The van der Waals surface area contributed by atoms with Crippen LogP contribution in [0.5, 0.6) is 0 Å². The Kier molecular flexibility index (Phi) is 7.39. The van der Waals surface area contributed by atoms with Crippen molar-refractivity contribution in [1.29, 1.82) is 0 Å². The second kappa shape index (κ2) is 7.69. The molecule has 0 saturated heterocycles. The van der Waals surface area contributed by atoms with Gasteiger partial charge >= 0.3 is 0 Å². The van der Waals surface area contributed by atoms with Crippen molar-refractivity contribution in [3.63, 3.8) is 0 Å². The van der Waals surface area contributed by atoms with Crippen LogP contribution in [0.1, 0.15) is 40.0 Å². The minimum Gasteiger partial charge on any atom is -0.359 e. The zero-order valence-corrected chi connectivity index (χ0v) is 10.8. The summed E-state index contributed by atoms with van der Waals surface area (Å²) in [7, 11) is 1.70. The second-order valence-electron chi connectivity index (χ2n) is 4.14. The molecule has 0 bridgehead atoms. The molecule has 0 rings (SSSR count). The second-order valence-corrected chi connectivity index (χ2v) is 4.14. The average Bonchev–Trinajstić information content (AvgIpc) is 2.30. The van der Waals surface area contributed by atoms with E-state index in [-0.39, 0.29) is 5.91 Å². The maximum absolute atomic E-state index is 11.0. The van der Waals surface area contributed by atoms with E-state index >= 15 is 0 Å². The SMILES string of the molecule is CC[N+](CC)(CC)CCCCC(=O)NC. The number of quaternary nitrogens is 1. The molecule has 0 aromatic heterocycles. The van der Waals surface area contributed by atoms with Gasteiger partial charge in [0.05, 0.1) is 26.2 Å². The van der Waals surface area contributed by atoms with Crippen molar-refractivity contribution in [2.45, 2.75) is 40.0 Å². The summed E-state index contributed by atoms with van der Waals surface area (Å²) in [6.07, 6.45) is 2.84. The van der Waals surface area contributed by atoms with Crippen molar-refractivity contribution in [1.82, 2.24) is 5.32 Å². The van der Waals surface area contributed by atoms with Crippen molar-refractivity contribution < 1.29 is 9.28 Å². The fourth-order valence-electron chi connectivity index (χ4n) is 2.00. The van der Waals surface area contributed by atoms with Gasteiger partial charge in [0, 0.05) is 13.5 Å². The van der Waals surface area contributed by atoms with E-state index in [1.807, 2.05) is 0 Å². The predicted molar refractivity (Wildman–Crippen MR) is 64.7 cm³/mol. The van der Waals surface area contributed by atoms with Gasteiger partial charge in [-0.2, -0.15) is 0 Å². The maximum atomic E-state index is 11.0. The van der Waals surface area contributed by atoms with Crippen molar-refractivity contribution >= 4 is 5.91 Å². The lowest BCUT2D eigenvalue weighted by Crippen LogP contribution is -2.48. The molecule has 0 saturated carbocycles. The fourth-order valence-corrected chi connectivity index (χ4v) is 2.00. The largest absolute Gasteiger partial charge is 0.359 e. The molecule has 0 atom stereocenters. The highest BCUT2D eigenvalue weighted by atomic mass is 16.1. The number of rotatable bonds is 8. The van der Waals surface area contributed by atoms with Gasteiger partial charge in [-0.15, -0.1) is 0 Å². The molecule has 0 aliphatic carbocycles. The summed E-state index contributed by atoms with van der Waals surface area (Å²) in [5, 5.41) is 2.66. The first-order chi connectivity index (χ1) is 7.14. The van der Waals surface area contributed by atoms with E-state index in [4.69, 9.17) is 0 Å². The number of carbonyl (C=O) groups is 1. The van der Waals surface area contributed by atoms with Gasteiger partial charge in [-0.25, -0.2) is 0 Å². The molecular weight excluding hydrogens is 188 g/mol. The van der Waals surface area contributed by atoms with E-state index in [2.05, 4.69) is 26.1 Å². The van der Waals surface area contributed by atoms with Crippen molar-refractivity contribution in [3.8, 4) is 0 Å². The van der Waals surface area contributed by atoms with Crippen molar-refractivity contribution in [2.75, 3.05) is 33.2 Å². The molecular formula is C12H27N2O+. The molecule has 0 fully saturated rings. The van der Waals surface area contributed by atoms with Crippen LogP contribution in [0.15, 0.2) is 0 Å². The first kappa shape index (κ1) is 14.4. The topological polar surface area (TPSA) is 29.1 Å². The van der Waals surface area contributed by atoms with Gasteiger partial charge in [0.2, 0.25) is 5.91 Å².